The van der Waals surface area contributed by atoms with Crippen LogP contribution in [0.4, 0.5) is 5.69 Å². The van der Waals surface area contributed by atoms with E-state index in [1.807, 2.05) is 0 Å². The Bertz CT molecular complexity index is 750. The van der Waals surface area contributed by atoms with E-state index in [2.05, 4.69) is 4.98 Å². The first-order valence-corrected chi connectivity index (χ1v) is 6.92. The van der Waals surface area contributed by atoms with Crippen LogP contribution >= 0.6 is 11.6 Å². The third kappa shape index (κ3) is 2.60. The maximum atomic E-state index is 12.7. The zero-order chi connectivity index (χ0) is 15.7. The number of benzene rings is 1. The molecule has 0 unspecified atom stereocenters. The molecule has 6 nitrogen and oxygen atoms in total. The first-order valence-electron chi connectivity index (χ1n) is 6.54. The molecule has 0 fully saturated rings. The van der Waals surface area contributed by atoms with E-state index in [0.29, 0.717) is 16.5 Å². The molecule has 2 amide bonds. The largest absolute Gasteiger partial charge is 0.477 e. The van der Waals surface area contributed by atoms with Crippen LogP contribution in [-0.2, 0) is 4.79 Å². The van der Waals surface area contributed by atoms with E-state index in [9.17, 15) is 9.59 Å². The van der Waals surface area contributed by atoms with Crippen LogP contribution < -0.4 is 15.4 Å². The molecule has 1 aromatic carbocycles. The lowest BCUT2D eigenvalue weighted by Crippen LogP contribution is -2.49. The second kappa shape index (κ2) is 5.65. The maximum absolute atomic E-state index is 12.7. The molecule has 7 heteroatoms. The zero-order valence-corrected chi connectivity index (χ0v) is 12.2. The van der Waals surface area contributed by atoms with Crippen LogP contribution in [0.3, 0.4) is 0 Å². The van der Waals surface area contributed by atoms with E-state index in [4.69, 9.17) is 22.1 Å². The average Bonchev–Trinajstić information content (AvgIpc) is 2.53. The number of pyridine rings is 1. The SMILES string of the molecule is NC(=O)[C@@H]1CN(C(=O)c2cc(Cl)ccn2)c2ccccc2O1. The quantitative estimate of drug-likeness (QED) is 0.912. The minimum absolute atomic E-state index is 0.0272. The summed E-state index contributed by atoms with van der Waals surface area (Å²) >= 11 is 5.90. The van der Waals surface area contributed by atoms with Gasteiger partial charge in [-0.3, -0.25) is 19.5 Å². The number of hydrogen-bond donors (Lipinski definition) is 1. The number of hydrogen-bond acceptors (Lipinski definition) is 4. The van der Waals surface area contributed by atoms with Gasteiger partial charge < -0.3 is 10.5 Å². The molecule has 1 aliphatic heterocycles. The van der Waals surface area contributed by atoms with Gasteiger partial charge in [-0.25, -0.2) is 0 Å². The number of carbonyl (C=O) groups excluding carboxylic acids is 2. The zero-order valence-electron chi connectivity index (χ0n) is 11.4. The molecular formula is C15H12ClN3O3. The summed E-state index contributed by atoms with van der Waals surface area (Å²) in [5, 5.41) is 0.409. The fraction of sp³-hybridized carbons (Fsp3) is 0.133. The first-order chi connectivity index (χ1) is 10.6. The molecule has 0 saturated carbocycles. The highest BCUT2D eigenvalue weighted by molar-refractivity contribution is 6.31. The predicted molar refractivity (Wildman–Crippen MR) is 81.0 cm³/mol. The van der Waals surface area contributed by atoms with Crippen molar-refractivity contribution in [1.82, 2.24) is 4.98 Å². The van der Waals surface area contributed by atoms with Gasteiger partial charge in [0.25, 0.3) is 11.8 Å². The number of amides is 2. The molecule has 2 heterocycles. The molecule has 2 aromatic rings. The predicted octanol–water partition coefficient (Wildman–Crippen LogP) is 1.63. The summed E-state index contributed by atoms with van der Waals surface area (Å²) in [7, 11) is 0. The van der Waals surface area contributed by atoms with Crippen LogP contribution in [0, 0.1) is 0 Å². The molecule has 22 heavy (non-hydrogen) atoms. The van der Waals surface area contributed by atoms with Gasteiger partial charge in [0.1, 0.15) is 11.4 Å². The van der Waals surface area contributed by atoms with Crippen LogP contribution in [-0.4, -0.2) is 29.4 Å². The number of nitrogens with two attached hydrogens (primary N) is 1. The second-order valence-corrected chi connectivity index (χ2v) is 5.19. The van der Waals surface area contributed by atoms with Gasteiger partial charge in [-0.2, -0.15) is 0 Å². The van der Waals surface area contributed by atoms with Gasteiger partial charge in [-0.1, -0.05) is 23.7 Å². The normalized spacial score (nSPS) is 16.6. The standard InChI is InChI=1S/C15H12ClN3O3/c16-9-5-6-18-10(7-9)15(21)19-8-13(14(17)20)22-12-4-2-1-3-11(12)19/h1-7,13H,8H2,(H2,17,20)/t13-/m0/s1. The van der Waals surface area contributed by atoms with Crippen molar-refractivity contribution < 1.29 is 14.3 Å². The lowest BCUT2D eigenvalue weighted by atomic mass is 10.1. The van der Waals surface area contributed by atoms with E-state index in [1.165, 1.54) is 17.2 Å². The van der Waals surface area contributed by atoms with Gasteiger partial charge in [0, 0.05) is 11.2 Å². The number of aromatic nitrogens is 1. The second-order valence-electron chi connectivity index (χ2n) is 4.75. The Kier molecular flexibility index (Phi) is 3.68. The Morgan fingerprint density at radius 1 is 1.32 bits per heavy atom. The van der Waals surface area contributed by atoms with Crippen LogP contribution in [0.15, 0.2) is 42.6 Å². The third-order valence-electron chi connectivity index (χ3n) is 3.28. The number of anilines is 1. The van der Waals surface area contributed by atoms with Crippen LogP contribution in [0.2, 0.25) is 5.02 Å². The molecule has 2 N–H and O–H groups in total. The lowest BCUT2D eigenvalue weighted by molar-refractivity contribution is -0.124. The van der Waals surface area contributed by atoms with Gasteiger partial charge in [0.2, 0.25) is 0 Å². The molecule has 0 spiro atoms. The van der Waals surface area contributed by atoms with E-state index in [-0.39, 0.29) is 18.1 Å². The number of nitrogens with zero attached hydrogens (tertiary/aromatic N) is 2. The summed E-state index contributed by atoms with van der Waals surface area (Å²) in [6.45, 7) is 0.0272. The van der Waals surface area contributed by atoms with Gasteiger partial charge in [-0.05, 0) is 24.3 Å². The van der Waals surface area contributed by atoms with Gasteiger partial charge in [0.05, 0.1) is 12.2 Å². The highest BCUT2D eigenvalue weighted by atomic mass is 35.5. The lowest BCUT2D eigenvalue weighted by Gasteiger charge is -2.33. The van der Waals surface area contributed by atoms with Crippen molar-refractivity contribution in [2.45, 2.75) is 6.10 Å². The van der Waals surface area contributed by atoms with Crippen LogP contribution in [0.5, 0.6) is 5.75 Å². The van der Waals surface area contributed by atoms with Crippen molar-refractivity contribution >= 4 is 29.1 Å². The summed E-state index contributed by atoms with van der Waals surface area (Å²) in [6.07, 6.45) is 0.547. The number of ether oxygens (including phenoxy) is 1. The molecule has 0 aliphatic carbocycles. The number of fused-ring (bicyclic) bond motifs is 1. The Balaban J connectivity index is 2.01. The average molecular weight is 318 g/mol. The van der Waals surface area contributed by atoms with Crippen molar-refractivity contribution in [1.29, 1.82) is 0 Å². The maximum Gasteiger partial charge on any atom is 0.277 e. The molecule has 1 atom stereocenters. The highest BCUT2D eigenvalue weighted by Crippen LogP contribution is 2.33. The van der Waals surface area contributed by atoms with E-state index < -0.39 is 12.0 Å². The molecule has 1 aliphatic rings. The Hall–Kier alpha value is -2.60. The van der Waals surface area contributed by atoms with Gasteiger partial charge in [0.15, 0.2) is 6.10 Å². The fourth-order valence-corrected chi connectivity index (χ4v) is 2.39. The Morgan fingerprint density at radius 3 is 2.82 bits per heavy atom. The summed E-state index contributed by atoms with van der Waals surface area (Å²) in [5.41, 5.74) is 6.06. The number of halogens is 1. The number of primary amides is 1. The van der Waals surface area contributed by atoms with Crippen molar-refractivity contribution in [2.75, 3.05) is 11.4 Å². The molecule has 0 radical (unpaired) electrons. The number of carbonyl (C=O) groups is 2. The van der Waals surface area contributed by atoms with Crippen LogP contribution in [0.25, 0.3) is 0 Å². The highest BCUT2D eigenvalue weighted by Gasteiger charge is 2.33. The molecule has 0 bridgehead atoms. The number of para-hydroxylation sites is 2. The van der Waals surface area contributed by atoms with E-state index in [0.717, 1.165) is 0 Å². The van der Waals surface area contributed by atoms with Crippen LogP contribution in [0.1, 0.15) is 10.5 Å². The van der Waals surface area contributed by atoms with Crippen molar-refractivity contribution in [2.24, 2.45) is 5.73 Å². The summed E-state index contributed by atoms with van der Waals surface area (Å²) in [5.74, 6) is -0.580. The van der Waals surface area contributed by atoms with Crippen molar-refractivity contribution in [3.8, 4) is 5.75 Å². The minimum Gasteiger partial charge on any atom is -0.477 e. The Morgan fingerprint density at radius 2 is 2.09 bits per heavy atom. The molecule has 0 saturated heterocycles. The smallest absolute Gasteiger partial charge is 0.277 e. The van der Waals surface area contributed by atoms with Gasteiger partial charge in [-0.15, -0.1) is 0 Å². The number of rotatable bonds is 2. The minimum atomic E-state index is -0.905. The van der Waals surface area contributed by atoms with Crippen molar-refractivity contribution in [3.63, 3.8) is 0 Å². The molecule has 3 rings (SSSR count). The summed E-state index contributed by atoms with van der Waals surface area (Å²) < 4.78 is 5.52. The first kappa shape index (κ1) is 14.3. The Labute approximate surface area is 131 Å². The van der Waals surface area contributed by atoms with Gasteiger partial charge >= 0.3 is 0 Å². The third-order valence-corrected chi connectivity index (χ3v) is 3.51. The fourth-order valence-electron chi connectivity index (χ4n) is 2.23. The van der Waals surface area contributed by atoms with E-state index in [1.54, 1.807) is 30.3 Å². The molecular weight excluding hydrogens is 306 g/mol. The summed E-state index contributed by atoms with van der Waals surface area (Å²) in [6, 6.07) is 9.99. The molecule has 1 aromatic heterocycles. The monoisotopic (exact) mass is 317 g/mol. The molecule has 112 valence electrons. The van der Waals surface area contributed by atoms with Crippen molar-refractivity contribution in [3.05, 3.63) is 53.3 Å². The summed E-state index contributed by atoms with van der Waals surface area (Å²) in [4.78, 5) is 29.6. The topological polar surface area (TPSA) is 85.5 Å². The van der Waals surface area contributed by atoms with E-state index >= 15 is 0 Å².